The van der Waals surface area contributed by atoms with Gasteiger partial charge in [0.15, 0.2) is 6.29 Å². The highest BCUT2D eigenvalue weighted by atomic mass is 19.4. The number of halogens is 3. The Hall–Kier alpha value is -0.330. The van der Waals surface area contributed by atoms with Crippen molar-refractivity contribution in [2.24, 2.45) is 5.92 Å². The molecule has 3 nitrogen and oxygen atoms in total. The first kappa shape index (κ1) is 16.7. The van der Waals surface area contributed by atoms with Gasteiger partial charge in [-0.2, -0.15) is 13.2 Å². The van der Waals surface area contributed by atoms with Crippen LogP contribution in [0.4, 0.5) is 13.2 Å². The molecule has 19 heavy (non-hydrogen) atoms. The molecule has 114 valence electrons. The topological polar surface area (TPSA) is 30.5 Å². The molecule has 1 rings (SSSR count). The van der Waals surface area contributed by atoms with E-state index in [2.05, 4.69) is 5.32 Å². The fourth-order valence-corrected chi connectivity index (χ4v) is 2.43. The number of alkyl halides is 3. The summed E-state index contributed by atoms with van der Waals surface area (Å²) < 4.78 is 48.3. The smallest absolute Gasteiger partial charge is 0.352 e. The molecule has 1 aliphatic rings. The highest BCUT2D eigenvalue weighted by Crippen LogP contribution is 2.37. The van der Waals surface area contributed by atoms with E-state index in [1.165, 1.54) is 0 Å². The summed E-state index contributed by atoms with van der Waals surface area (Å²) in [5.74, 6) is -1.12. The minimum Gasteiger partial charge on any atom is -0.352 e. The van der Waals surface area contributed by atoms with Gasteiger partial charge in [-0.25, -0.2) is 0 Å². The third-order valence-corrected chi connectivity index (χ3v) is 3.47. The van der Waals surface area contributed by atoms with Gasteiger partial charge in [0.1, 0.15) is 0 Å². The summed E-state index contributed by atoms with van der Waals surface area (Å²) in [6, 6.07) is 0.141. The molecular formula is C13H24F3NO2. The molecule has 0 aliphatic heterocycles. The maximum atomic E-state index is 12.5. The number of hydrogen-bond acceptors (Lipinski definition) is 3. The molecular weight excluding hydrogens is 259 g/mol. The average Bonchev–Trinajstić information content (AvgIpc) is 2.36. The van der Waals surface area contributed by atoms with Gasteiger partial charge >= 0.3 is 6.18 Å². The number of ether oxygens (including phenoxy) is 2. The largest absolute Gasteiger partial charge is 0.391 e. The third-order valence-electron chi connectivity index (χ3n) is 3.47. The van der Waals surface area contributed by atoms with Gasteiger partial charge in [-0.05, 0) is 39.5 Å². The zero-order valence-corrected chi connectivity index (χ0v) is 11.6. The molecule has 1 saturated carbocycles. The zero-order chi connectivity index (χ0) is 14.3. The molecule has 0 aromatic rings. The van der Waals surface area contributed by atoms with E-state index in [1.807, 2.05) is 13.8 Å². The molecule has 0 amide bonds. The Labute approximate surface area is 112 Å². The summed E-state index contributed by atoms with van der Waals surface area (Å²) in [6.45, 7) is 5.43. The lowest BCUT2D eigenvalue weighted by atomic mass is 9.85. The van der Waals surface area contributed by atoms with Crippen LogP contribution in [0.2, 0.25) is 0 Å². The molecule has 0 radical (unpaired) electrons. The molecule has 6 heteroatoms. The summed E-state index contributed by atoms with van der Waals surface area (Å²) >= 11 is 0. The van der Waals surface area contributed by atoms with Crippen molar-refractivity contribution in [1.29, 1.82) is 0 Å². The summed E-state index contributed by atoms with van der Waals surface area (Å²) in [6.07, 6.45) is -2.78. The number of rotatable bonds is 7. The molecule has 0 unspecified atom stereocenters. The average molecular weight is 283 g/mol. The van der Waals surface area contributed by atoms with E-state index in [0.717, 1.165) is 0 Å². The van der Waals surface area contributed by atoms with Crippen LogP contribution in [0.15, 0.2) is 0 Å². The Balaban J connectivity index is 2.25. The minimum atomic E-state index is -4.04. The van der Waals surface area contributed by atoms with E-state index in [1.54, 1.807) is 0 Å². The molecule has 0 spiro atoms. The van der Waals surface area contributed by atoms with Gasteiger partial charge in [0.05, 0.1) is 5.92 Å². The van der Waals surface area contributed by atoms with Crippen molar-refractivity contribution in [2.75, 3.05) is 19.8 Å². The first-order chi connectivity index (χ1) is 8.97. The quantitative estimate of drug-likeness (QED) is 0.728. The van der Waals surface area contributed by atoms with Crippen LogP contribution in [0.1, 0.15) is 39.5 Å². The second-order valence-electron chi connectivity index (χ2n) is 4.84. The van der Waals surface area contributed by atoms with Crippen LogP contribution in [-0.4, -0.2) is 38.3 Å². The molecule has 0 aromatic carbocycles. The van der Waals surface area contributed by atoms with Gasteiger partial charge in [0.2, 0.25) is 0 Å². The Kier molecular flexibility index (Phi) is 7.10. The molecule has 1 fully saturated rings. The maximum absolute atomic E-state index is 12.5. The lowest BCUT2D eigenvalue weighted by molar-refractivity contribution is -0.183. The second-order valence-corrected chi connectivity index (χ2v) is 4.84. The van der Waals surface area contributed by atoms with Gasteiger partial charge in [-0.15, -0.1) is 0 Å². The summed E-state index contributed by atoms with van der Waals surface area (Å²) in [5, 5.41) is 3.25. The van der Waals surface area contributed by atoms with Gasteiger partial charge < -0.3 is 14.8 Å². The highest BCUT2D eigenvalue weighted by molar-refractivity contribution is 4.80. The monoisotopic (exact) mass is 283 g/mol. The van der Waals surface area contributed by atoms with Gasteiger partial charge in [0, 0.05) is 25.8 Å². The maximum Gasteiger partial charge on any atom is 0.391 e. The van der Waals surface area contributed by atoms with Crippen molar-refractivity contribution in [1.82, 2.24) is 5.32 Å². The summed E-state index contributed by atoms with van der Waals surface area (Å²) in [7, 11) is 0. The summed E-state index contributed by atoms with van der Waals surface area (Å²) in [4.78, 5) is 0. The van der Waals surface area contributed by atoms with Crippen molar-refractivity contribution in [2.45, 2.75) is 58.0 Å². The Morgan fingerprint density at radius 1 is 1.05 bits per heavy atom. The molecule has 1 aliphatic carbocycles. The Bertz CT molecular complexity index is 235. The molecule has 0 atom stereocenters. The zero-order valence-electron chi connectivity index (χ0n) is 11.6. The molecule has 0 saturated heterocycles. The first-order valence-electron chi connectivity index (χ1n) is 7.00. The SMILES string of the molecule is CCOC(CNC1CCC(C(F)(F)F)CC1)OCC. The van der Waals surface area contributed by atoms with E-state index in [-0.39, 0.29) is 25.2 Å². The minimum absolute atomic E-state index is 0.141. The fourth-order valence-electron chi connectivity index (χ4n) is 2.43. The van der Waals surface area contributed by atoms with Crippen LogP contribution in [0.3, 0.4) is 0 Å². The van der Waals surface area contributed by atoms with Crippen LogP contribution < -0.4 is 5.32 Å². The van der Waals surface area contributed by atoms with E-state index in [9.17, 15) is 13.2 Å². The Morgan fingerprint density at radius 2 is 1.58 bits per heavy atom. The van der Waals surface area contributed by atoms with Gasteiger partial charge in [0.25, 0.3) is 0 Å². The van der Waals surface area contributed by atoms with Crippen molar-refractivity contribution < 1.29 is 22.6 Å². The number of hydrogen-bond donors (Lipinski definition) is 1. The van der Waals surface area contributed by atoms with Crippen molar-refractivity contribution >= 4 is 0 Å². The van der Waals surface area contributed by atoms with E-state index >= 15 is 0 Å². The van der Waals surface area contributed by atoms with E-state index < -0.39 is 12.1 Å². The molecule has 0 aromatic heterocycles. The lowest BCUT2D eigenvalue weighted by Gasteiger charge is -2.31. The van der Waals surface area contributed by atoms with Gasteiger partial charge in [-0.1, -0.05) is 0 Å². The molecule has 0 bridgehead atoms. The van der Waals surface area contributed by atoms with E-state index in [0.29, 0.717) is 32.6 Å². The predicted molar refractivity (Wildman–Crippen MR) is 66.8 cm³/mol. The highest BCUT2D eigenvalue weighted by Gasteiger charge is 2.41. The van der Waals surface area contributed by atoms with Crippen LogP contribution in [0.5, 0.6) is 0 Å². The van der Waals surface area contributed by atoms with E-state index in [4.69, 9.17) is 9.47 Å². The first-order valence-corrected chi connectivity index (χ1v) is 7.00. The third kappa shape index (κ3) is 6.10. The van der Waals surface area contributed by atoms with Gasteiger partial charge in [-0.3, -0.25) is 0 Å². The molecule has 0 heterocycles. The lowest BCUT2D eigenvalue weighted by Crippen LogP contribution is -2.41. The fraction of sp³-hybridized carbons (Fsp3) is 1.00. The predicted octanol–water partition coefficient (Wildman–Crippen LogP) is 3.10. The Morgan fingerprint density at radius 3 is 2.00 bits per heavy atom. The van der Waals surface area contributed by atoms with Crippen LogP contribution in [0, 0.1) is 5.92 Å². The van der Waals surface area contributed by atoms with Crippen molar-refractivity contribution in [3.8, 4) is 0 Å². The number of nitrogens with one attached hydrogen (secondary N) is 1. The van der Waals surface area contributed by atoms with Crippen LogP contribution >= 0.6 is 0 Å². The normalized spacial score (nSPS) is 24.9. The van der Waals surface area contributed by atoms with Crippen LogP contribution in [0.25, 0.3) is 0 Å². The second kappa shape index (κ2) is 8.07. The standard InChI is InChI=1S/C13H24F3NO2/c1-3-18-12(19-4-2)9-17-11-7-5-10(6-8-11)13(14,15)16/h10-12,17H,3-9H2,1-2H3. The van der Waals surface area contributed by atoms with Crippen molar-refractivity contribution in [3.63, 3.8) is 0 Å². The molecule has 1 N–H and O–H groups in total. The summed E-state index contributed by atoms with van der Waals surface area (Å²) in [5.41, 5.74) is 0. The van der Waals surface area contributed by atoms with Crippen molar-refractivity contribution in [3.05, 3.63) is 0 Å². The van der Waals surface area contributed by atoms with Crippen LogP contribution in [-0.2, 0) is 9.47 Å².